The molecule has 2 aliphatic heterocycles. The van der Waals surface area contributed by atoms with Gasteiger partial charge in [0.2, 0.25) is 0 Å². The summed E-state index contributed by atoms with van der Waals surface area (Å²) >= 11 is 0. The minimum Gasteiger partial charge on any atom is -0.486 e. The van der Waals surface area contributed by atoms with Gasteiger partial charge < -0.3 is 29.6 Å². The van der Waals surface area contributed by atoms with Crippen molar-refractivity contribution in [3.63, 3.8) is 0 Å². The van der Waals surface area contributed by atoms with E-state index in [1.165, 1.54) is 16.7 Å². The summed E-state index contributed by atoms with van der Waals surface area (Å²) in [5.41, 5.74) is 3.80. The summed E-state index contributed by atoms with van der Waals surface area (Å²) in [5.74, 6) is 3.23. The summed E-state index contributed by atoms with van der Waals surface area (Å²) < 4.78 is 25.5. The second-order valence-corrected chi connectivity index (χ2v) is 13.1. The number of ether oxygens (including phenoxy) is 4. The minimum atomic E-state index is -0.111. The van der Waals surface area contributed by atoms with Crippen LogP contribution in [0.25, 0.3) is 0 Å². The lowest BCUT2D eigenvalue weighted by Gasteiger charge is -2.35. The summed E-state index contributed by atoms with van der Waals surface area (Å²) in [5, 5.41) is 7.68. The number of hydrogen-bond donors (Lipinski definition) is 2. The SMILES string of the molecule is c1ccc(CN[C@H](CCN(CC[C@@H](NCc2ccccc2)[C@H]2COc3ccccc3O2)Cc2ccccc2)[C@H]2COc3ccccc3O2)cc1. The molecule has 0 radical (unpaired) electrons. The summed E-state index contributed by atoms with van der Waals surface area (Å²) in [6, 6.07) is 48.0. The van der Waals surface area contributed by atoms with Crippen molar-refractivity contribution in [2.75, 3.05) is 26.3 Å². The third kappa shape index (κ3) is 9.24. The molecule has 50 heavy (non-hydrogen) atoms. The molecule has 5 aromatic carbocycles. The molecule has 2 N–H and O–H groups in total. The van der Waals surface area contributed by atoms with E-state index < -0.39 is 0 Å². The molecule has 7 nitrogen and oxygen atoms in total. The van der Waals surface area contributed by atoms with Crippen molar-refractivity contribution >= 4 is 0 Å². The maximum atomic E-state index is 6.57. The molecular formula is C43H47N3O4. The van der Waals surface area contributed by atoms with Crippen molar-refractivity contribution in [2.24, 2.45) is 0 Å². The van der Waals surface area contributed by atoms with Crippen molar-refractivity contribution in [3.05, 3.63) is 156 Å². The Bertz CT molecular complexity index is 1630. The fraction of sp³-hybridized carbons (Fsp3) is 0.302. The highest BCUT2D eigenvalue weighted by molar-refractivity contribution is 5.41. The van der Waals surface area contributed by atoms with Crippen LogP contribution >= 0.6 is 0 Å². The van der Waals surface area contributed by atoms with Crippen molar-refractivity contribution in [2.45, 2.75) is 56.8 Å². The first-order valence-corrected chi connectivity index (χ1v) is 17.8. The van der Waals surface area contributed by atoms with Crippen LogP contribution in [-0.4, -0.2) is 55.5 Å². The molecule has 7 heteroatoms. The van der Waals surface area contributed by atoms with Crippen LogP contribution in [0.1, 0.15) is 29.5 Å². The first-order chi connectivity index (χ1) is 24.8. The maximum absolute atomic E-state index is 6.57. The van der Waals surface area contributed by atoms with E-state index in [0.29, 0.717) is 13.2 Å². The molecule has 0 saturated heterocycles. The predicted molar refractivity (Wildman–Crippen MR) is 198 cm³/mol. The summed E-state index contributed by atoms with van der Waals surface area (Å²) in [6.45, 7) is 5.17. The second-order valence-electron chi connectivity index (χ2n) is 13.1. The number of fused-ring (bicyclic) bond motifs is 2. The van der Waals surface area contributed by atoms with Crippen LogP contribution in [0, 0.1) is 0 Å². The largest absolute Gasteiger partial charge is 0.486 e. The van der Waals surface area contributed by atoms with Crippen LogP contribution in [0.15, 0.2) is 140 Å². The Morgan fingerprint density at radius 3 is 1.30 bits per heavy atom. The first kappa shape index (κ1) is 33.7. The van der Waals surface area contributed by atoms with Gasteiger partial charge in [0, 0.05) is 44.8 Å². The molecule has 0 unspecified atom stereocenters. The van der Waals surface area contributed by atoms with Gasteiger partial charge in [0.25, 0.3) is 0 Å². The Hall–Kier alpha value is -4.82. The lowest BCUT2D eigenvalue weighted by molar-refractivity contribution is 0.0493. The third-order valence-electron chi connectivity index (χ3n) is 9.54. The van der Waals surface area contributed by atoms with Gasteiger partial charge >= 0.3 is 0 Å². The number of nitrogens with one attached hydrogen (secondary N) is 2. The Labute approximate surface area is 296 Å². The number of benzene rings is 5. The molecule has 0 bridgehead atoms. The third-order valence-corrected chi connectivity index (χ3v) is 9.54. The van der Waals surface area contributed by atoms with Gasteiger partial charge in [-0.05, 0) is 53.8 Å². The van der Waals surface area contributed by atoms with Crippen LogP contribution in [0.3, 0.4) is 0 Å². The van der Waals surface area contributed by atoms with Crippen molar-refractivity contribution in [3.8, 4) is 23.0 Å². The molecule has 7 rings (SSSR count). The van der Waals surface area contributed by atoms with Crippen molar-refractivity contribution in [1.29, 1.82) is 0 Å². The molecule has 258 valence electrons. The van der Waals surface area contributed by atoms with Gasteiger partial charge in [-0.15, -0.1) is 0 Å². The number of para-hydroxylation sites is 4. The van der Waals surface area contributed by atoms with Gasteiger partial charge in [-0.2, -0.15) is 0 Å². The van der Waals surface area contributed by atoms with E-state index in [1.54, 1.807) is 0 Å². The van der Waals surface area contributed by atoms with E-state index in [9.17, 15) is 0 Å². The fourth-order valence-corrected chi connectivity index (χ4v) is 6.75. The van der Waals surface area contributed by atoms with E-state index in [0.717, 1.165) is 68.6 Å². The van der Waals surface area contributed by atoms with Crippen LogP contribution in [0.4, 0.5) is 0 Å². The number of nitrogens with zero attached hydrogens (tertiary/aromatic N) is 1. The normalized spacial score (nSPS) is 17.6. The van der Waals surface area contributed by atoms with Crippen LogP contribution in [0.5, 0.6) is 23.0 Å². The number of hydrogen-bond acceptors (Lipinski definition) is 7. The van der Waals surface area contributed by atoms with Gasteiger partial charge in [0.15, 0.2) is 23.0 Å². The van der Waals surface area contributed by atoms with Crippen LogP contribution in [0.2, 0.25) is 0 Å². The van der Waals surface area contributed by atoms with E-state index in [-0.39, 0.29) is 24.3 Å². The van der Waals surface area contributed by atoms with Gasteiger partial charge in [-0.1, -0.05) is 115 Å². The van der Waals surface area contributed by atoms with E-state index in [1.807, 2.05) is 48.5 Å². The smallest absolute Gasteiger partial charge is 0.161 e. The Morgan fingerprint density at radius 2 is 0.860 bits per heavy atom. The monoisotopic (exact) mass is 669 g/mol. The average molecular weight is 670 g/mol. The summed E-state index contributed by atoms with van der Waals surface area (Å²) in [4.78, 5) is 2.57. The van der Waals surface area contributed by atoms with E-state index >= 15 is 0 Å². The van der Waals surface area contributed by atoms with Crippen molar-refractivity contribution < 1.29 is 18.9 Å². The molecule has 2 heterocycles. The first-order valence-electron chi connectivity index (χ1n) is 17.8. The zero-order valence-corrected chi connectivity index (χ0v) is 28.5. The molecule has 0 aromatic heterocycles. The Morgan fingerprint density at radius 1 is 0.480 bits per heavy atom. The fourth-order valence-electron chi connectivity index (χ4n) is 6.75. The standard InChI is InChI=1S/C43H47N3O4/c1-4-14-33(15-5-1)28-44-36(42-31-47-38-20-10-12-22-40(38)49-42)24-26-46(30-35-18-8-3-9-19-35)27-25-37(45-29-34-16-6-2-7-17-34)43-32-48-39-21-11-13-23-41(39)50-43/h1-23,36-37,42-45H,24-32H2/t36-,37-,42-,43-/m1/s1. The zero-order chi connectivity index (χ0) is 33.8. The van der Waals surface area contributed by atoms with Crippen molar-refractivity contribution in [1.82, 2.24) is 15.5 Å². The highest BCUT2D eigenvalue weighted by Gasteiger charge is 2.31. The van der Waals surface area contributed by atoms with E-state index in [2.05, 4.69) is 107 Å². The Balaban J connectivity index is 1.07. The molecule has 4 atom stereocenters. The summed E-state index contributed by atoms with van der Waals surface area (Å²) in [7, 11) is 0. The average Bonchev–Trinajstić information content (AvgIpc) is 3.18. The second kappa shape index (κ2) is 17.2. The highest BCUT2D eigenvalue weighted by atomic mass is 16.6. The molecular weight excluding hydrogens is 622 g/mol. The van der Waals surface area contributed by atoms with Crippen LogP contribution < -0.4 is 29.6 Å². The molecule has 0 fully saturated rings. The highest BCUT2D eigenvalue weighted by Crippen LogP contribution is 2.33. The molecule has 0 spiro atoms. The zero-order valence-electron chi connectivity index (χ0n) is 28.5. The predicted octanol–water partition coefficient (Wildman–Crippen LogP) is 7.27. The lowest BCUT2D eigenvalue weighted by Crippen LogP contribution is -2.50. The molecule has 0 amide bonds. The van der Waals surface area contributed by atoms with E-state index in [4.69, 9.17) is 18.9 Å². The topological polar surface area (TPSA) is 64.2 Å². The van der Waals surface area contributed by atoms with Gasteiger partial charge in [0.1, 0.15) is 25.4 Å². The molecule has 0 saturated carbocycles. The number of rotatable bonds is 16. The lowest BCUT2D eigenvalue weighted by atomic mass is 10.0. The maximum Gasteiger partial charge on any atom is 0.161 e. The molecule has 0 aliphatic carbocycles. The van der Waals surface area contributed by atoms with Gasteiger partial charge in [-0.3, -0.25) is 4.90 Å². The van der Waals surface area contributed by atoms with Crippen LogP contribution in [-0.2, 0) is 19.6 Å². The van der Waals surface area contributed by atoms with Gasteiger partial charge in [-0.25, -0.2) is 0 Å². The quantitative estimate of drug-likeness (QED) is 0.115. The molecule has 2 aliphatic rings. The Kier molecular flexibility index (Phi) is 11.6. The minimum absolute atomic E-state index is 0.0837. The molecule has 5 aromatic rings. The summed E-state index contributed by atoms with van der Waals surface area (Å²) in [6.07, 6.45) is 1.57. The van der Waals surface area contributed by atoms with Gasteiger partial charge in [0.05, 0.1) is 0 Å².